The quantitative estimate of drug-likeness (QED) is 0.777. The fourth-order valence-electron chi connectivity index (χ4n) is 2.61. The van der Waals surface area contributed by atoms with Gasteiger partial charge in [-0.05, 0) is 18.9 Å². The maximum atomic E-state index is 12.1. The Hall–Kier alpha value is -2.44. The highest BCUT2D eigenvalue weighted by Gasteiger charge is 2.40. The molecular weight excluding hydrogens is 246 g/mol. The summed E-state index contributed by atoms with van der Waals surface area (Å²) < 4.78 is 0. The Labute approximate surface area is 109 Å². The Balaban J connectivity index is 2.08. The highest BCUT2D eigenvalue weighted by Crippen LogP contribution is 2.32. The van der Waals surface area contributed by atoms with Gasteiger partial charge >= 0.3 is 6.03 Å². The summed E-state index contributed by atoms with van der Waals surface area (Å²) in [6, 6.07) is 1.08. The number of urea groups is 1. The number of carbonyl (C=O) groups excluding carboxylic acids is 2. The minimum absolute atomic E-state index is 0.103. The van der Waals surface area contributed by atoms with Gasteiger partial charge in [-0.2, -0.15) is 0 Å². The second-order valence-corrected chi connectivity index (χ2v) is 4.49. The highest BCUT2D eigenvalue weighted by atomic mass is 16.2. The van der Waals surface area contributed by atoms with Gasteiger partial charge in [0.2, 0.25) is 5.91 Å². The summed E-state index contributed by atoms with van der Waals surface area (Å²) in [6.45, 7) is 0.654. The summed E-state index contributed by atoms with van der Waals surface area (Å²) >= 11 is 0. The molecule has 7 nitrogen and oxygen atoms in total. The lowest BCUT2D eigenvalue weighted by Gasteiger charge is -2.38. The summed E-state index contributed by atoms with van der Waals surface area (Å²) in [7, 11) is 0. The van der Waals surface area contributed by atoms with E-state index in [1.807, 2.05) is 0 Å². The molecule has 1 aromatic heterocycles. The molecule has 1 atom stereocenters. The molecular formula is C12H13N5O2. The molecule has 1 fully saturated rings. The molecule has 0 bridgehead atoms. The monoisotopic (exact) mass is 259 g/mol. The van der Waals surface area contributed by atoms with Gasteiger partial charge in [-0.1, -0.05) is 0 Å². The number of rotatable bonds is 1. The zero-order chi connectivity index (χ0) is 13.4. The van der Waals surface area contributed by atoms with Gasteiger partial charge in [0, 0.05) is 18.8 Å². The number of nitrogens with zero attached hydrogens (tertiary/aromatic N) is 4. The van der Waals surface area contributed by atoms with Crippen LogP contribution in [0.25, 0.3) is 5.70 Å². The smallest absolute Gasteiger partial charge is 0.321 e. The Morgan fingerprint density at radius 3 is 3.00 bits per heavy atom. The third-order valence-corrected chi connectivity index (χ3v) is 3.40. The zero-order valence-electron chi connectivity index (χ0n) is 10.2. The van der Waals surface area contributed by atoms with Crippen molar-refractivity contribution in [2.24, 2.45) is 5.73 Å². The Bertz CT molecular complexity index is 556. The van der Waals surface area contributed by atoms with Crippen molar-refractivity contribution >= 4 is 17.6 Å². The van der Waals surface area contributed by atoms with E-state index >= 15 is 0 Å². The van der Waals surface area contributed by atoms with E-state index in [0.29, 0.717) is 17.9 Å². The summed E-state index contributed by atoms with van der Waals surface area (Å²) in [5.74, 6) is -0.103. The fraction of sp³-hybridized carbons (Fsp3) is 0.333. The number of aromatic nitrogens is 2. The molecule has 98 valence electrons. The van der Waals surface area contributed by atoms with Crippen molar-refractivity contribution in [2.75, 3.05) is 6.54 Å². The first-order valence-electron chi connectivity index (χ1n) is 6.06. The van der Waals surface area contributed by atoms with Crippen LogP contribution in [0, 0.1) is 0 Å². The highest BCUT2D eigenvalue weighted by molar-refractivity contribution is 6.00. The summed E-state index contributed by atoms with van der Waals surface area (Å²) in [5, 5.41) is 0. The SMILES string of the molecule is NC(=O)N1C(c2ccncn2)=CC(=O)N2CCCC21. The minimum Gasteiger partial charge on any atom is -0.351 e. The van der Waals surface area contributed by atoms with Crippen LogP contribution in [0.1, 0.15) is 18.5 Å². The van der Waals surface area contributed by atoms with Crippen LogP contribution in [0.3, 0.4) is 0 Å². The van der Waals surface area contributed by atoms with E-state index in [0.717, 1.165) is 12.8 Å². The standard InChI is InChI=1S/C12H13N5O2/c13-12(19)17-9(8-3-4-14-7-15-8)6-11(18)16-5-1-2-10(16)17/h3-4,6-7,10H,1-2,5H2,(H2,13,19). The molecule has 1 unspecified atom stereocenters. The van der Waals surface area contributed by atoms with E-state index in [-0.39, 0.29) is 12.1 Å². The zero-order valence-corrected chi connectivity index (χ0v) is 10.2. The summed E-state index contributed by atoms with van der Waals surface area (Å²) in [5.41, 5.74) is 6.43. The van der Waals surface area contributed by atoms with Crippen molar-refractivity contribution in [3.8, 4) is 0 Å². The largest absolute Gasteiger partial charge is 0.351 e. The predicted molar refractivity (Wildman–Crippen MR) is 66.2 cm³/mol. The fourth-order valence-corrected chi connectivity index (χ4v) is 2.61. The predicted octanol–water partition coefficient (Wildman–Crippen LogP) is 0.160. The van der Waals surface area contributed by atoms with Gasteiger partial charge in [0.05, 0.1) is 11.4 Å². The molecule has 1 aromatic rings. The van der Waals surface area contributed by atoms with E-state index in [1.54, 1.807) is 17.2 Å². The molecule has 3 rings (SSSR count). The molecule has 0 saturated carbocycles. The second kappa shape index (κ2) is 4.34. The number of primary amides is 1. The first-order valence-corrected chi connectivity index (χ1v) is 6.06. The molecule has 3 amide bonds. The van der Waals surface area contributed by atoms with Gasteiger partial charge in [-0.3, -0.25) is 9.69 Å². The Morgan fingerprint density at radius 2 is 2.32 bits per heavy atom. The van der Waals surface area contributed by atoms with Crippen molar-refractivity contribution in [3.63, 3.8) is 0 Å². The second-order valence-electron chi connectivity index (χ2n) is 4.49. The van der Waals surface area contributed by atoms with Gasteiger partial charge < -0.3 is 10.6 Å². The van der Waals surface area contributed by atoms with Crippen LogP contribution in [-0.2, 0) is 4.79 Å². The van der Waals surface area contributed by atoms with Crippen LogP contribution >= 0.6 is 0 Å². The van der Waals surface area contributed by atoms with E-state index in [4.69, 9.17) is 5.73 Å². The van der Waals surface area contributed by atoms with Gasteiger partial charge in [-0.15, -0.1) is 0 Å². The lowest BCUT2D eigenvalue weighted by Crippen LogP contribution is -2.53. The van der Waals surface area contributed by atoms with E-state index in [1.165, 1.54) is 17.3 Å². The summed E-state index contributed by atoms with van der Waals surface area (Å²) in [4.78, 5) is 34.8. The number of hydrogen-bond acceptors (Lipinski definition) is 4. The van der Waals surface area contributed by atoms with Crippen LogP contribution in [-0.4, -0.2) is 44.4 Å². The number of hydrogen-bond donors (Lipinski definition) is 1. The van der Waals surface area contributed by atoms with E-state index < -0.39 is 6.03 Å². The molecule has 2 aliphatic heterocycles. The maximum absolute atomic E-state index is 12.1. The normalized spacial score (nSPS) is 22.2. The first kappa shape index (κ1) is 11.6. The number of nitrogens with two attached hydrogens (primary N) is 1. The number of fused-ring (bicyclic) bond motifs is 1. The first-order chi connectivity index (χ1) is 9.18. The lowest BCUT2D eigenvalue weighted by atomic mass is 10.1. The third-order valence-electron chi connectivity index (χ3n) is 3.40. The molecule has 2 N–H and O–H groups in total. The van der Waals surface area contributed by atoms with Crippen LogP contribution in [0.5, 0.6) is 0 Å². The molecule has 0 spiro atoms. The van der Waals surface area contributed by atoms with Gasteiger partial charge in [0.1, 0.15) is 12.5 Å². The van der Waals surface area contributed by atoms with Crippen molar-refractivity contribution in [2.45, 2.75) is 19.0 Å². The Morgan fingerprint density at radius 1 is 1.47 bits per heavy atom. The Kier molecular flexibility index (Phi) is 2.66. The molecule has 0 aromatic carbocycles. The molecule has 7 heteroatoms. The van der Waals surface area contributed by atoms with Crippen molar-refractivity contribution in [1.82, 2.24) is 19.8 Å². The van der Waals surface area contributed by atoms with E-state index in [2.05, 4.69) is 9.97 Å². The molecule has 3 heterocycles. The number of carbonyl (C=O) groups is 2. The van der Waals surface area contributed by atoms with Gasteiger partial charge in [-0.25, -0.2) is 14.8 Å². The minimum atomic E-state index is -0.575. The molecule has 2 aliphatic rings. The van der Waals surface area contributed by atoms with Gasteiger partial charge in [0.25, 0.3) is 0 Å². The van der Waals surface area contributed by atoms with Gasteiger partial charge in [0.15, 0.2) is 0 Å². The van der Waals surface area contributed by atoms with Crippen LogP contribution in [0.4, 0.5) is 4.79 Å². The molecule has 0 aliphatic carbocycles. The average Bonchev–Trinajstić information content (AvgIpc) is 2.88. The lowest BCUT2D eigenvalue weighted by molar-refractivity contribution is -0.129. The molecule has 0 radical (unpaired) electrons. The van der Waals surface area contributed by atoms with E-state index in [9.17, 15) is 9.59 Å². The van der Waals surface area contributed by atoms with Crippen LogP contribution in [0.2, 0.25) is 0 Å². The summed E-state index contributed by atoms with van der Waals surface area (Å²) in [6.07, 6.45) is 5.66. The maximum Gasteiger partial charge on any atom is 0.321 e. The van der Waals surface area contributed by atoms with Crippen molar-refractivity contribution in [1.29, 1.82) is 0 Å². The molecule has 19 heavy (non-hydrogen) atoms. The van der Waals surface area contributed by atoms with Crippen molar-refractivity contribution < 1.29 is 9.59 Å². The van der Waals surface area contributed by atoms with Crippen LogP contribution < -0.4 is 5.73 Å². The average molecular weight is 259 g/mol. The third kappa shape index (κ3) is 1.83. The van der Waals surface area contributed by atoms with Crippen molar-refractivity contribution in [3.05, 3.63) is 30.4 Å². The van der Waals surface area contributed by atoms with Crippen LogP contribution in [0.15, 0.2) is 24.7 Å². The molecule has 1 saturated heterocycles. The number of amides is 3. The topological polar surface area (TPSA) is 92.4 Å².